The van der Waals surface area contributed by atoms with Crippen LogP contribution in [0.4, 0.5) is 13.2 Å². The van der Waals surface area contributed by atoms with Crippen LogP contribution < -0.4 is 9.47 Å². The molecule has 0 spiro atoms. The highest BCUT2D eigenvalue weighted by atomic mass is 19.1. The maximum Gasteiger partial charge on any atom is 0.168 e. The van der Waals surface area contributed by atoms with E-state index in [-0.39, 0.29) is 17.2 Å². The molecule has 0 aliphatic rings. The highest BCUT2D eigenvalue weighted by molar-refractivity contribution is 5.74. The van der Waals surface area contributed by atoms with Crippen LogP contribution in [0.5, 0.6) is 17.2 Å². The van der Waals surface area contributed by atoms with Gasteiger partial charge >= 0.3 is 0 Å². The highest BCUT2D eigenvalue weighted by Crippen LogP contribution is 2.40. The number of rotatable bonds is 4. The Morgan fingerprint density at radius 2 is 1.70 bits per heavy atom. The Hall–Kier alpha value is -2.96. The molecule has 1 heterocycles. The van der Waals surface area contributed by atoms with Crippen molar-refractivity contribution >= 4 is 0 Å². The van der Waals surface area contributed by atoms with E-state index < -0.39 is 17.5 Å². The summed E-state index contributed by atoms with van der Waals surface area (Å²) in [6.07, 6.45) is 1.50. The number of nitrogens with one attached hydrogen (secondary N) is 1. The van der Waals surface area contributed by atoms with Gasteiger partial charge in [-0.25, -0.2) is 13.2 Å². The van der Waals surface area contributed by atoms with Crippen molar-refractivity contribution in [1.82, 2.24) is 10.2 Å². The van der Waals surface area contributed by atoms with Crippen molar-refractivity contribution in [2.45, 2.75) is 0 Å². The summed E-state index contributed by atoms with van der Waals surface area (Å²) in [5, 5.41) is 6.53. The number of hydrogen-bond acceptors (Lipinski definition) is 3. The van der Waals surface area contributed by atoms with Crippen molar-refractivity contribution in [1.29, 1.82) is 0 Å². The summed E-state index contributed by atoms with van der Waals surface area (Å²) in [5.74, 6) is -2.30. The zero-order valence-electron chi connectivity index (χ0n) is 11.9. The van der Waals surface area contributed by atoms with E-state index in [4.69, 9.17) is 9.47 Å². The number of ether oxygens (including phenoxy) is 2. The molecule has 0 unspecified atom stereocenters. The van der Waals surface area contributed by atoms with Crippen LogP contribution in [0.15, 0.2) is 42.6 Å². The summed E-state index contributed by atoms with van der Waals surface area (Å²) in [6, 6.07) is 6.74. The molecule has 0 atom stereocenters. The van der Waals surface area contributed by atoms with Gasteiger partial charge in [0.2, 0.25) is 0 Å². The minimum atomic E-state index is -0.899. The Morgan fingerprint density at radius 1 is 0.913 bits per heavy atom. The second kappa shape index (κ2) is 6.04. The number of halogens is 3. The van der Waals surface area contributed by atoms with Crippen molar-refractivity contribution in [3.05, 3.63) is 60.0 Å². The van der Waals surface area contributed by atoms with Gasteiger partial charge in [0.25, 0.3) is 0 Å². The molecule has 2 aromatic carbocycles. The molecule has 1 N–H and O–H groups in total. The first-order chi connectivity index (χ1) is 11.1. The van der Waals surface area contributed by atoms with E-state index in [9.17, 15) is 13.2 Å². The van der Waals surface area contributed by atoms with Crippen LogP contribution in [0.3, 0.4) is 0 Å². The summed E-state index contributed by atoms with van der Waals surface area (Å²) in [7, 11) is 1.37. The van der Waals surface area contributed by atoms with Gasteiger partial charge in [0.1, 0.15) is 23.1 Å². The van der Waals surface area contributed by atoms with Crippen LogP contribution in [0.2, 0.25) is 0 Å². The molecule has 0 aliphatic carbocycles. The first-order valence-electron chi connectivity index (χ1n) is 6.58. The zero-order valence-corrected chi connectivity index (χ0v) is 11.9. The summed E-state index contributed by atoms with van der Waals surface area (Å²) < 4.78 is 51.1. The molecule has 1 aromatic heterocycles. The highest BCUT2D eigenvalue weighted by Gasteiger charge is 2.18. The minimum Gasteiger partial charge on any atom is -0.496 e. The maximum absolute atomic E-state index is 13.8. The molecule has 3 aromatic rings. The van der Waals surface area contributed by atoms with Crippen LogP contribution >= 0.6 is 0 Å². The summed E-state index contributed by atoms with van der Waals surface area (Å²) in [5.41, 5.74) is 0.870. The predicted octanol–water partition coefficient (Wildman–Crippen LogP) is 4.29. The number of hydrogen-bond donors (Lipinski definition) is 1. The molecule has 0 aliphatic heterocycles. The smallest absolute Gasteiger partial charge is 0.168 e. The molecule has 0 saturated heterocycles. The molecule has 3 rings (SSSR count). The molecule has 118 valence electrons. The van der Waals surface area contributed by atoms with Crippen molar-refractivity contribution in [2.24, 2.45) is 0 Å². The lowest BCUT2D eigenvalue weighted by Gasteiger charge is -2.14. The van der Waals surface area contributed by atoms with Gasteiger partial charge in [0.15, 0.2) is 11.6 Å². The van der Waals surface area contributed by atoms with Crippen LogP contribution in [0.1, 0.15) is 0 Å². The Kier molecular flexibility index (Phi) is 3.92. The molecule has 0 radical (unpaired) electrons. The van der Waals surface area contributed by atoms with Crippen molar-refractivity contribution in [2.75, 3.05) is 7.11 Å². The van der Waals surface area contributed by atoms with E-state index in [1.54, 1.807) is 6.07 Å². The van der Waals surface area contributed by atoms with Crippen LogP contribution in [-0.2, 0) is 0 Å². The molecule has 0 bridgehead atoms. The normalized spacial score (nSPS) is 10.6. The van der Waals surface area contributed by atoms with E-state index in [1.165, 1.54) is 19.4 Å². The second-order valence-electron chi connectivity index (χ2n) is 4.63. The summed E-state index contributed by atoms with van der Waals surface area (Å²) in [6.45, 7) is 0. The van der Waals surface area contributed by atoms with Crippen LogP contribution in [0.25, 0.3) is 11.3 Å². The molecule has 7 heteroatoms. The maximum atomic E-state index is 13.8. The van der Waals surface area contributed by atoms with Gasteiger partial charge in [-0.15, -0.1) is 0 Å². The Labute approximate surface area is 129 Å². The minimum absolute atomic E-state index is 0.0107. The van der Waals surface area contributed by atoms with E-state index in [1.807, 2.05) is 0 Å². The lowest BCUT2D eigenvalue weighted by Crippen LogP contribution is -1.96. The summed E-state index contributed by atoms with van der Waals surface area (Å²) >= 11 is 0. The van der Waals surface area contributed by atoms with Crippen LogP contribution in [-0.4, -0.2) is 17.3 Å². The topological polar surface area (TPSA) is 47.1 Å². The monoisotopic (exact) mass is 320 g/mol. The third-order valence-electron chi connectivity index (χ3n) is 3.13. The number of aromatic amines is 1. The van der Waals surface area contributed by atoms with Gasteiger partial charge < -0.3 is 9.47 Å². The first kappa shape index (κ1) is 15.0. The average Bonchev–Trinajstić information content (AvgIpc) is 3.03. The van der Waals surface area contributed by atoms with E-state index >= 15 is 0 Å². The molecular formula is C16H11F3N2O2. The van der Waals surface area contributed by atoms with Gasteiger partial charge in [-0.2, -0.15) is 5.10 Å². The zero-order chi connectivity index (χ0) is 16.4. The van der Waals surface area contributed by atoms with Gasteiger partial charge in [-0.05, 0) is 18.2 Å². The number of methoxy groups -OCH3 is 1. The number of nitrogens with zero attached hydrogens (tertiary/aromatic N) is 1. The van der Waals surface area contributed by atoms with Gasteiger partial charge in [-0.1, -0.05) is 0 Å². The Morgan fingerprint density at radius 3 is 2.35 bits per heavy atom. The first-order valence-corrected chi connectivity index (χ1v) is 6.58. The predicted molar refractivity (Wildman–Crippen MR) is 77.0 cm³/mol. The summed E-state index contributed by atoms with van der Waals surface area (Å²) in [4.78, 5) is 0. The lowest BCUT2D eigenvalue weighted by atomic mass is 10.1. The van der Waals surface area contributed by atoms with Crippen LogP contribution in [0, 0.1) is 17.5 Å². The second-order valence-corrected chi connectivity index (χ2v) is 4.63. The average molecular weight is 320 g/mol. The SMILES string of the molecule is COc1cc(F)cc(Oc2ccc(F)cc2F)c1-c1ccn[nH]1. The van der Waals surface area contributed by atoms with Crippen molar-refractivity contribution in [3.8, 4) is 28.5 Å². The van der Waals surface area contributed by atoms with Gasteiger partial charge in [0.05, 0.1) is 18.4 Å². The molecule has 4 nitrogen and oxygen atoms in total. The fraction of sp³-hybridized carbons (Fsp3) is 0.0625. The van der Waals surface area contributed by atoms with Crippen molar-refractivity contribution < 1.29 is 22.6 Å². The number of H-pyrrole nitrogens is 1. The van der Waals surface area contributed by atoms with E-state index in [0.29, 0.717) is 17.3 Å². The van der Waals surface area contributed by atoms with E-state index in [2.05, 4.69) is 10.2 Å². The quantitative estimate of drug-likeness (QED) is 0.780. The third-order valence-corrected chi connectivity index (χ3v) is 3.13. The fourth-order valence-corrected chi connectivity index (χ4v) is 2.14. The number of aromatic nitrogens is 2. The molecule has 0 amide bonds. The largest absolute Gasteiger partial charge is 0.496 e. The van der Waals surface area contributed by atoms with E-state index in [0.717, 1.165) is 18.2 Å². The van der Waals surface area contributed by atoms with Gasteiger partial charge in [-0.3, -0.25) is 5.10 Å². The van der Waals surface area contributed by atoms with Gasteiger partial charge in [0, 0.05) is 24.4 Å². The lowest BCUT2D eigenvalue weighted by molar-refractivity contribution is 0.401. The molecule has 0 saturated carbocycles. The Balaban J connectivity index is 2.12. The molecule has 0 fully saturated rings. The third kappa shape index (κ3) is 2.98. The number of benzene rings is 2. The van der Waals surface area contributed by atoms with Crippen molar-refractivity contribution in [3.63, 3.8) is 0 Å². The Bertz CT molecular complexity index is 836. The fourth-order valence-electron chi connectivity index (χ4n) is 2.14. The standard InChI is InChI=1S/C16H11F3N2O2/c1-22-14-7-10(18)8-15(16(14)12-4-5-20-21-12)23-13-3-2-9(17)6-11(13)19/h2-8H,1H3,(H,20,21). The molecule has 23 heavy (non-hydrogen) atoms. The molecular weight excluding hydrogens is 309 g/mol.